The van der Waals surface area contributed by atoms with Gasteiger partial charge in [-0.25, -0.2) is 4.79 Å². The number of methoxy groups -OCH3 is 1. The van der Waals surface area contributed by atoms with E-state index in [2.05, 4.69) is 15.4 Å². The average molecular weight is 340 g/mol. The molecule has 0 heterocycles. The Labute approximate surface area is 146 Å². The smallest absolute Gasteiger partial charge is 0.339 e. The van der Waals surface area contributed by atoms with Crippen molar-refractivity contribution < 1.29 is 19.1 Å². The molecule has 2 N–H and O–H groups in total. The molecule has 0 saturated heterocycles. The summed E-state index contributed by atoms with van der Waals surface area (Å²) >= 11 is 0. The highest BCUT2D eigenvalue weighted by Gasteiger charge is 2.16. The minimum Gasteiger partial charge on any atom is -0.465 e. The van der Waals surface area contributed by atoms with Gasteiger partial charge in [-0.1, -0.05) is 42.5 Å². The second kappa shape index (κ2) is 8.63. The van der Waals surface area contributed by atoms with Crippen LogP contribution < -0.4 is 10.6 Å². The van der Waals surface area contributed by atoms with Crippen molar-refractivity contribution in [2.75, 3.05) is 12.4 Å². The van der Waals surface area contributed by atoms with Gasteiger partial charge in [0.05, 0.1) is 24.4 Å². The highest BCUT2D eigenvalue weighted by Crippen LogP contribution is 2.16. The van der Waals surface area contributed by atoms with Crippen LogP contribution in [0.5, 0.6) is 0 Å². The predicted molar refractivity (Wildman–Crippen MR) is 94.0 cm³/mol. The Bertz CT molecular complexity index is 759. The number of nitrogens with one attached hydrogen (secondary N) is 2. The molecule has 0 saturated carbocycles. The molecular formula is C19H20N2O4. The molecule has 0 aliphatic heterocycles. The van der Waals surface area contributed by atoms with Crippen LogP contribution in [-0.4, -0.2) is 24.9 Å². The average Bonchev–Trinajstić information content (AvgIpc) is 2.62. The topological polar surface area (TPSA) is 84.5 Å². The Balaban J connectivity index is 1.94. The van der Waals surface area contributed by atoms with Gasteiger partial charge < -0.3 is 15.4 Å². The first kappa shape index (κ1) is 18.2. The van der Waals surface area contributed by atoms with E-state index >= 15 is 0 Å². The van der Waals surface area contributed by atoms with E-state index in [0.717, 1.165) is 5.56 Å². The summed E-state index contributed by atoms with van der Waals surface area (Å²) in [6.45, 7) is 1.84. The van der Waals surface area contributed by atoms with Crippen molar-refractivity contribution in [3.8, 4) is 0 Å². The molecule has 0 bridgehead atoms. The standard InChI is InChI=1S/C19H20N2O4/c1-13(14-8-4-3-5-9-14)20-17(22)12-18(23)21-16-11-7-6-10-15(16)19(24)25-2/h3-11,13H,12H2,1-2H3,(H,20,22)(H,21,23). The summed E-state index contributed by atoms with van der Waals surface area (Å²) < 4.78 is 4.67. The maximum atomic E-state index is 12.1. The van der Waals surface area contributed by atoms with Crippen LogP contribution in [0.3, 0.4) is 0 Å². The normalized spacial score (nSPS) is 11.3. The fraction of sp³-hybridized carbons (Fsp3) is 0.211. The summed E-state index contributed by atoms with van der Waals surface area (Å²) in [7, 11) is 1.26. The summed E-state index contributed by atoms with van der Waals surface area (Å²) in [4.78, 5) is 35.8. The van der Waals surface area contributed by atoms with Gasteiger partial charge in [0, 0.05) is 0 Å². The number of esters is 1. The Morgan fingerprint density at radius 3 is 2.28 bits per heavy atom. The van der Waals surface area contributed by atoms with Gasteiger partial charge in [0.2, 0.25) is 11.8 Å². The number of carbonyl (C=O) groups excluding carboxylic acids is 3. The molecule has 6 heteroatoms. The molecule has 2 rings (SSSR count). The molecule has 6 nitrogen and oxygen atoms in total. The van der Waals surface area contributed by atoms with E-state index in [1.807, 2.05) is 37.3 Å². The van der Waals surface area contributed by atoms with Crippen molar-refractivity contribution in [2.24, 2.45) is 0 Å². The van der Waals surface area contributed by atoms with Gasteiger partial charge in [-0.2, -0.15) is 0 Å². The number of para-hydroxylation sites is 1. The molecule has 0 aromatic heterocycles. The van der Waals surface area contributed by atoms with Crippen molar-refractivity contribution in [2.45, 2.75) is 19.4 Å². The molecule has 0 fully saturated rings. The number of carbonyl (C=O) groups is 3. The van der Waals surface area contributed by atoms with E-state index in [4.69, 9.17) is 0 Å². The van der Waals surface area contributed by atoms with Crippen LogP contribution in [0, 0.1) is 0 Å². The van der Waals surface area contributed by atoms with E-state index in [1.54, 1.807) is 24.3 Å². The molecule has 25 heavy (non-hydrogen) atoms. The lowest BCUT2D eigenvalue weighted by atomic mass is 10.1. The predicted octanol–water partition coefficient (Wildman–Crippen LogP) is 2.68. The van der Waals surface area contributed by atoms with Crippen LogP contribution in [0.1, 0.15) is 35.3 Å². The molecule has 2 aromatic rings. The number of benzene rings is 2. The molecule has 0 aliphatic carbocycles. The lowest BCUT2D eigenvalue weighted by Gasteiger charge is -2.14. The molecule has 0 radical (unpaired) electrons. The molecule has 2 aromatic carbocycles. The maximum absolute atomic E-state index is 12.1. The van der Waals surface area contributed by atoms with Gasteiger partial charge >= 0.3 is 5.97 Å². The summed E-state index contributed by atoms with van der Waals surface area (Å²) in [6, 6.07) is 15.7. The second-order valence-corrected chi connectivity index (χ2v) is 5.46. The summed E-state index contributed by atoms with van der Waals surface area (Å²) in [5.41, 5.74) is 1.49. The van der Waals surface area contributed by atoms with Gasteiger partial charge in [-0.15, -0.1) is 0 Å². The van der Waals surface area contributed by atoms with Gasteiger partial charge in [0.1, 0.15) is 6.42 Å². The molecule has 2 amide bonds. The van der Waals surface area contributed by atoms with Gasteiger partial charge in [-0.3, -0.25) is 9.59 Å². The minimum absolute atomic E-state index is 0.205. The molecule has 1 atom stereocenters. The van der Waals surface area contributed by atoms with Crippen LogP contribution in [0.4, 0.5) is 5.69 Å². The van der Waals surface area contributed by atoms with Crippen LogP contribution >= 0.6 is 0 Å². The van der Waals surface area contributed by atoms with Crippen LogP contribution in [0.2, 0.25) is 0 Å². The maximum Gasteiger partial charge on any atom is 0.339 e. The summed E-state index contributed by atoms with van der Waals surface area (Å²) in [5, 5.41) is 5.34. The third-order valence-corrected chi connectivity index (χ3v) is 3.60. The van der Waals surface area contributed by atoms with Crippen molar-refractivity contribution in [3.63, 3.8) is 0 Å². The van der Waals surface area contributed by atoms with Crippen molar-refractivity contribution >= 4 is 23.5 Å². The van der Waals surface area contributed by atoms with Gasteiger partial charge in [0.25, 0.3) is 0 Å². The quantitative estimate of drug-likeness (QED) is 0.625. The number of amides is 2. The largest absolute Gasteiger partial charge is 0.465 e. The Morgan fingerprint density at radius 2 is 1.60 bits per heavy atom. The monoisotopic (exact) mass is 340 g/mol. The Morgan fingerprint density at radius 1 is 0.960 bits per heavy atom. The lowest BCUT2D eigenvalue weighted by Crippen LogP contribution is -2.30. The minimum atomic E-state index is -0.557. The summed E-state index contributed by atoms with van der Waals surface area (Å²) in [6.07, 6.45) is -0.341. The van der Waals surface area contributed by atoms with Gasteiger partial charge in [0.15, 0.2) is 0 Å². The first-order valence-corrected chi connectivity index (χ1v) is 7.82. The third-order valence-electron chi connectivity index (χ3n) is 3.60. The molecular weight excluding hydrogens is 320 g/mol. The van der Waals surface area contributed by atoms with Crippen LogP contribution in [-0.2, 0) is 14.3 Å². The summed E-state index contributed by atoms with van der Waals surface area (Å²) in [5.74, 6) is -1.46. The van der Waals surface area contributed by atoms with E-state index < -0.39 is 17.8 Å². The highest BCUT2D eigenvalue weighted by atomic mass is 16.5. The number of hydrogen-bond acceptors (Lipinski definition) is 4. The number of anilines is 1. The first-order valence-electron chi connectivity index (χ1n) is 7.82. The molecule has 130 valence electrons. The van der Waals surface area contributed by atoms with Crippen molar-refractivity contribution in [1.82, 2.24) is 5.32 Å². The van der Waals surface area contributed by atoms with E-state index in [1.165, 1.54) is 7.11 Å². The zero-order chi connectivity index (χ0) is 18.2. The van der Waals surface area contributed by atoms with E-state index in [-0.39, 0.29) is 18.0 Å². The van der Waals surface area contributed by atoms with Crippen LogP contribution in [0.25, 0.3) is 0 Å². The fourth-order valence-electron chi connectivity index (χ4n) is 2.34. The fourth-order valence-corrected chi connectivity index (χ4v) is 2.34. The van der Waals surface area contributed by atoms with Crippen molar-refractivity contribution in [3.05, 3.63) is 65.7 Å². The molecule has 1 unspecified atom stereocenters. The number of rotatable bonds is 6. The van der Waals surface area contributed by atoms with Crippen molar-refractivity contribution in [1.29, 1.82) is 0 Å². The Kier molecular flexibility index (Phi) is 6.28. The lowest BCUT2D eigenvalue weighted by molar-refractivity contribution is -0.127. The van der Waals surface area contributed by atoms with Gasteiger partial charge in [-0.05, 0) is 24.6 Å². The van der Waals surface area contributed by atoms with Crippen LogP contribution in [0.15, 0.2) is 54.6 Å². The van der Waals surface area contributed by atoms with E-state index in [0.29, 0.717) is 5.69 Å². The molecule has 0 aliphatic rings. The Hall–Kier alpha value is -3.15. The second-order valence-electron chi connectivity index (χ2n) is 5.46. The third kappa shape index (κ3) is 5.17. The SMILES string of the molecule is COC(=O)c1ccccc1NC(=O)CC(=O)NC(C)c1ccccc1. The number of ether oxygens (including phenoxy) is 1. The zero-order valence-corrected chi connectivity index (χ0v) is 14.1. The first-order chi connectivity index (χ1) is 12.0. The highest BCUT2D eigenvalue weighted by molar-refractivity contribution is 6.06. The van der Waals surface area contributed by atoms with E-state index in [9.17, 15) is 14.4 Å². The zero-order valence-electron chi connectivity index (χ0n) is 14.1. The molecule has 0 spiro atoms. The number of hydrogen-bond donors (Lipinski definition) is 2.